The molecule has 0 fully saturated rings. The van der Waals surface area contributed by atoms with Gasteiger partial charge < -0.3 is 21.1 Å². The summed E-state index contributed by atoms with van der Waals surface area (Å²) in [5.74, 6) is 0.696. The van der Waals surface area contributed by atoms with E-state index in [9.17, 15) is 4.79 Å². The number of para-hydroxylation sites is 1. The molecule has 0 saturated carbocycles. The Hall–Kier alpha value is -1.91. The molecule has 0 saturated heterocycles. The highest BCUT2D eigenvalue weighted by Crippen LogP contribution is 2.29. The quantitative estimate of drug-likeness (QED) is 0.659. The van der Waals surface area contributed by atoms with E-state index in [1.54, 1.807) is 0 Å². The number of nitrogen functional groups attached to an aromatic ring is 1. The fourth-order valence-corrected chi connectivity index (χ4v) is 1.68. The summed E-state index contributed by atoms with van der Waals surface area (Å²) in [6.07, 6.45) is 0.413. The van der Waals surface area contributed by atoms with Gasteiger partial charge in [0.25, 0.3) is 0 Å². The molecule has 0 heterocycles. The Morgan fingerprint density at radius 3 is 2.79 bits per heavy atom. The number of benzene rings is 1. The summed E-state index contributed by atoms with van der Waals surface area (Å²) in [5, 5.41) is 5.99. The number of carbonyl (C=O) groups excluding carboxylic acids is 1. The van der Waals surface area contributed by atoms with Crippen LogP contribution in [-0.2, 0) is 4.79 Å². The molecule has 1 aromatic carbocycles. The molecule has 0 bridgehead atoms. The van der Waals surface area contributed by atoms with Gasteiger partial charge in [-0.05, 0) is 32.9 Å². The van der Waals surface area contributed by atoms with E-state index in [2.05, 4.69) is 10.6 Å². The first-order valence-corrected chi connectivity index (χ1v) is 6.59. The summed E-state index contributed by atoms with van der Waals surface area (Å²) < 4.78 is 5.41. The third-order valence-corrected chi connectivity index (χ3v) is 2.48. The Labute approximate surface area is 114 Å². The molecule has 19 heavy (non-hydrogen) atoms. The lowest BCUT2D eigenvalue weighted by atomic mass is 10.2. The average molecular weight is 265 g/mol. The molecule has 0 unspecified atom stereocenters. The first kappa shape index (κ1) is 15.1. The molecule has 1 rings (SSSR count). The molecule has 0 radical (unpaired) electrons. The van der Waals surface area contributed by atoms with Crippen LogP contribution in [0.15, 0.2) is 18.2 Å². The van der Waals surface area contributed by atoms with Crippen LogP contribution in [0.4, 0.5) is 11.4 Å². The Morgan fingerprint density at radius 1 is 1.42 bits per heavy atom. The molecule has 0 aliphatic carbocycles. The van der Waals surface area contributed by atoms with Crippen molar-refractivity contribution >= 4 is 17.3 Å². The Balaban J connectivity index is 2.49. The molecule has 0 aliphatic heterocycles. The smallest absolute Gasteiger partial charge is 0.221 e. The van der Waals surface area contributed by atoms with E-state index in [-0.39, 0.29) is 11.9 Å². The monoisotopic (exact) mass is 265 g/mol. The highest BCUT2D eigenvalue weighted by molar-refractivity contribution is 5.77. The Bertz CT molecular complexity index is 419. The van der Waals surface area contributed by atoms with Crippen LogP contribution in [0.3, 0.4) is 0 Å². The summed E-state index contributed by atoms with van der Waals surface area (Å²) in [5.41, 5.74) is 7.35. The minimum absolute atomic E-state index is 0.0297. The molecular formula is C14H23N3O2. The number of nitrogens with one attached hydrogen (secondary N) is 2. The highest BCUT2D eigenvalue weighted by atomic mass is 16.5. The second-order valence-electron chi connectivity index (χ2n) is 4.55. The van der Waals surface area contributed by atoms with Gasteiger partial charge in [0.1, 0.15) is 5.75 Å². The van der Waals surface area contributed by atoms with Crippen molar-refractivity contribution in [3.05, 3.63) is 18.2 Å². The van der Waals surface area contributed by atoms with Gasteiger partial charge >= 0.3 is 0 Å². The predicted octanol–water partition coefficient (Wildman–Crippen LogP) is 1.99. The van der Waals surface area contributed by atoms with Crippen molar-refractivity contribution in [1.82, 2.24) is 5.32 Å². The van der Waals surface area contributed by atoms with Crippen molar-refractivity contribution in [2.75, 3.05) is 24.2 Å². The third kappa shape index (κ3) is 5.07. The van der Waals surface area contributed by atoms with Crippen molar-refractivity contribution < 1.29 is 9.53 Å². The van der Waals surface area contributed by atoms with E-state index in [1.807, 2.05) is 39.0 Å². The minimum atomic E-state index is 0.0297. The molecule has 0 spiro atoms. The lowest BCUT2D eigenvalue weighted by Crippen LogP contribution is -2.31. The molecule has 1 amide bonds. The van der Waals surface area contributed by atoms with Gasteiger partial charge in [-0.2, -0.15) is 0 Å². The molecule has 106 valence electrons. The van der Waals surface area contributed by atoms with Gasteiger partial charge in [-0.15, -0.1) is 0 Å². The summed E-state index contributed by atoms with van der Waals surface area (Å²) >= 11 is 0. The van der Waals surface area contributed by atoms with E-state index in [0.29, 0.717) is 31.0 Å². The topological polar surface area (TPSA) is 76.4 Å². The zero-order valence-corrected chi connectivity index (χ0v) is 11.8. The maximum absolute atomic E-state index is 11.5. The third-order valence-electron chi connectivity index (χ3n) is 2.48. The molecule has 4 N–H and O–H groups in total. The molecule has 5 nitrogen and oxygen atoms in total. The largest absolute Gasteiger partial charge is 0.492 e. The van der Waals surface area contributed by atoms with Crippen LogP contribution in [0.5, 0.6) is 5.75 Å². The molecule has 5 heteroatoms. The van der Waals surface area contributed by atoms with Crippen molar-refractivity contribution in [3.8, 4) is 5.75 Å². The SMILES string of the molecule is CCOc1cccc(NCCC(=O)NC(C)C)c1N. The van der Waals surface area contributed by atoms with Crippen molar-refractivity contribution in [1.29, 1.82) is 0 Å². The number of anilines is 2. The first-order valence-electron chi connectivity index (χ1n) is 6.59. The first-order chi connectivity index (χ1) is 9.04. The lowest BCUT2D eigenvalue weighted by Gasteiger charge is -2.13. The molecule has 0 aliphatic rings. The highest BCUT2D eigenvalue weighted by Gasteiger charge is 2.06. The Morgan fingerprint density at radius 2 is 2.16 bits per heavy atom. The van der Waals surface area contributed by atoms with Crippen LogP contribution in [0, 0.1) is 0 Å². The number of hydrogen-bond donors (Lipinski definition) is 3. The molecule has 0 atom stereocenters. The van der Waals surface area contributed by atoms with Crippen LogP contribution in [-0.4, -0.2) is 25.1 Å². The fourth-order valence-electron chi connectivity index (χ4n) is 1.68. The molecule has 1 aromatic rings. The van der Waals surface area contributed by atoms with Crippen LogP contribution < -0.4 is 21.1 Å². The molecule has 0 aromatic heterocycles. The number of hydrogen-bond acceptors (Lipinski definition) is 4. The number of nitrogens with two attached hydrogens (primary N) is 1. The summed E-state index contributed by atoms with van der Waals surface area (Å²) in [7, 11) is 0. The van der Waals surface area contributed by atoms with Crippen LogP contribution in [0.2, 0.25) is 0 Å². The molecular weight excluding hydrogens is 242 g/mol. The second-order valence-corrected chi connectivity index (χ2v) is 4.55. The van der Waals surface area contributed by atoms with E-state index in [0.717, 1.165) is 5.69 Å². The van der Waals surface area contributed by atoms with Crippen molar-refractivity contribution in [2.45, 2.75) is 33.2 Å². The van der Waals surface area contributed by atoms with Gasteiger partial charge in [0.05, 0.1) is 18.0 Å². The summed E-state index contributed by atoms with van der Waals surface area (Å²) in [4.78, 5) is 11.5. The van der Waals surface area contributed by atoms with Gasteiger partial charge in [0, 0.05) is 19.0 Å². The zero-order valence-electron chi connectivity index (χ0n) is 11.8. The zero-order chi connectivity index (χ0) is 14.3. The van der Waals surface area contributed by atoms with Gasteiger partial charge in [0.15, 0.2) is 0 Å². The number of amides is 1. The van der Waals surface area contributed by atoms with Gasteiger partial charge in [-0.25, -0.2) is 0 Å². The van der Waals surface area contributed by atoms with Crippen molar-refractivity contribution in [3.63, 3.8) is 0 Å². The number of rotatable bonds is 7. The predicted molar refractivity (Wildman–Crippen MR) is 78.4 cm³/mol. The second kappa shape index (κ2) is 7.51. The number of ether oxygens (including phenoxy) is 1. The van der Waals surface area contributed by atoms with Crippen LogP contribution in [0.25, 0.3) is 0 Å². The lowest BCUT2D eigenvalue weighted by molar-refractivity contribution is -0.121. The fraction of sp³-hybridized carbons (Fsp3) is 0.500. The van der Waals surface area contributed by atoms with E-state index in [4.69, 9.17) is 10.5 Å². The van der Waals surface area contributed by atoms with Crippen LogP contribution >= 0.6 is 0 Å². The van der Waals surface area contributed by atoms with Gasteiger partial charge in [-0.1, -0.05) is 6.07 Å². The minimum Gasteiger partial charge on any atom is -0.492 e. The maximum atomic E-state index is 11.5. The average Bonchev–Trinajstić information content (AvgIpc) is 2.33. The van der Waals surface area contributed by atoms with E-state index < -0.39 is 0 Å². The summed E-state index contributed by atoms with van der Waals surface area (Å²) in [6, 6.07) is 5.74. The van der Waals surface area contributed by atoms with Gasteiger partial charge in [0.2, 0.25) is 5.91 Å². The summed E-state index contributed by atoms with van der Waals surface area (Å²) in [6.45, 7) is 6.91. The standard InChI is InChI=1S/C14H23N3O2/c1-4-19-12-7-5-6-11(14(12)15)16-9-8-13(18)17-10(2)3/h5-7,10,16H,4,8-9,15H2,1-3H3,(H,17,18). The normalized spacial score (nSPS) is 10.3. The van der Waals surface area contributed by atoms with E-state index in [1.165, 1.54) is 0 Å². The Kier molecular flexibility index (Phi) is 5.99. The van der Waals surface area contributed by atoms with Gasteiger partial charge in [-0.3, -0.25) is 4.79 Å². The number of carbonyl (C=O) groups is 1. The van der Waals surface area contributed by atoms with Crippen molar-refractivity contribution in [2.24, 2.45) is 0 Å². The van der Waals surface area contributed by atoms with E-state index >= 15 is 0 Å². The maximum Gasteiger partial charge on any atom is 0.221 e. The van der Waals surface area contributed by atoms with Crippen LogP contribution in [0.1, 0.15) is 27.2 Å².